The van der Waals surface area contributed by atoms with Crippen LogP contribution in [0.4, 0.5) is 0 Å². The average molecular weight is 414 g/mol. The van der Waals surface area contributed by atoms with Crippen molar-refractivity contribution in [3.05, 3.63) is 70.7 Å². The summed E-state index contributed by atoms with van der Waals surface area (Å²) in [5, 5.41) is 4.83. The third kappa shape index (κ3) is 3.92. The Morgan fingerprint density at radius 1 is 1.15 bits per heavy atom. The van der Waals surface area contributed by atoms with Gasteiger partial charge in [-0.25, -0.2) is 0 Å². The summed E-state index contributed by atoms with van der Waals surface area (Å²) in [6, 6.07) is 15.8. The van der Waals surface area contributed by atoms with Crippen LogP contribution in [0.5, 0.6) is 0 Å². The molecule has 0 saturated carbocycles. The first-order chi connectivity index (χ1) is 13.3. The van der Waals surface area contributed by atoms with Crippen LogP contribution >= 0.6 is 35.1 Å². The molecule has 1 unspecified atom stereocenters. The molecule has 0 saturated heterocycles. The quantitative estimate of drug-likeness (QED) is 0.247. The molecule has 2 heterocycles. The van der Waals surface area contributed by atoms with E-state index in [4.69, 9.17) is 4.18 Å². The minimum absolute atomic E-state index is 0.319. The third-order valence-electron chi connectivity index (χ3n) is 5.00. The number of aromatic nitrogens is 1. The Kier molecular flexibility index (Phi) is 6.13. The van der Waals surface area contributed by atoms with Crippen LogP contribution in [-0.4, -0.2) is 24.1 Å². The lowest BCUT2D eigenvalue weighted by atomic mass is 9.88. The van der Waals surface area contributed by atoms with Crippen LogP contribution in [-0.2, 0) is 9.94 Å². The molecule has 0 amide bonds. The van der Waals surface area contributed by atoms with E-state index in [2.05, 4.69) is 65.3 Å². The SMILES string of the molecule is CSCc1cccc2c(C(CCOSC)c3ccc4sccc4c3)c[nH]c12. The minimum Gasteiger partial charge on any atom is -0.361 e. The molecule has 4 aromatic rings. The maximum absolute atomic E-state index is 5.64. The molecule has 1 atom stereocenters. The maximum atomic E-state index is 5.64. The van der Waals surface area contributed by atoms with Crippen LogP contribution in [0.3, 0.4) is 0 Å². The Morgan fingerprint density at radius 3 is 2.93 bits per heavy atom. The Hall–Kier alpha value is -1.40. The number of aromatic amines is 1. The minimum atomic E-state index is 0.319. The van der Waals surface area contributed by atoms with Crippen molar-refractivity contribution in [1.82, 2.24) is 4.98 Å². The van der Waals surface area contributed by atoms with Gasteiger partial charge in [0.1, 0.15) is 0 Å². The normalized spacial score (nSPS) is 12.8. The zero-order valence-corrected chi connectivity index (χ0v) is 18.0. The van der Waals surface area contributed by atoms with E-state index in [-0.39, 0.29) is 0 Å². The highest BCUT2D eigenvalue weighted by molar-refractivity contribution is 7.97. The Balaban J connectivity index is 1.78. The summed E-state index contributed by atoms with van der Waals surface area (Å²) < 4.78 is 6.98. The zero-order chi connectivity index (χ0) is 18.6. The van der Waals surface area contributed by atoms with Crippen LogP contribution in [0.1, 0.15) is 29.0 Å². The Morgan fingerprint density at radius 2 is 2.07 bits per heavy atom. The van der Waals surface area contributed by atoms with Crippen molar-refractivity contribution in [3.8, 4) is 0 Å². The molecule has 0 aliphatic carbocycles. The number of hydrogen-bond donors (Lipinski definition) is 1. The van der Waals surface area contributed by atoms with E-state index in [0.29, 0.717) is 5.92 Å². The van der Waals surface area contributed by atoms with Gasteiger partial charge in [-0.15, -0.1) is 11.3 Å². The standard InChI is InChI=1S/C22H23NOS3/c1-25-14-17-4-3-5-19-20(13-23-22(17)19)18(8-10-24-26-2)15-6-7-21-16(12-15)9-11-27-21/h3-7,9,11-13,18,23H,8,10,14H2,1-2H3. The molecule has 5 heteroatoms. The van der Waals surface area contributed by atoms with Gasteiger partial charge in [0.05, 0.1) is 6.61 Å². The summed E-state index contributed by atoms with van der Waals surface area (Å²) in [5.74, 6) is 1.35. The summed E-state index contributed by atoms with van der Waals surface area (Å²) in [5.41, 5.74) is 5.38. The largest absolute Gasteiger partial charge is 0.361 e. The van der Waals surface area contributed by atoms with Gasteiger partial charge < -0.3 is 9.17 Å². The number of rotatable bonds is 8. The van der Waals surface area contributed by atoms with Gasteiger partial charge in [0.2, 0.25) is 0 Å². The zero-order valence-electron chi connectivity index (χ0n) is 15.5. The van der Waals surface area contributed by atoms with E-state index in [1.807, 2.05) is 18.0 Å². The van der Waals surface area contributed by atoms with Gasteiger partial charge in [-0.3, -0.25) is 0 Å². The fraction of sp³-hybridized carbons (Fsp3) is 0.273. The number of thiophene rings is 1. The van der Waals surface area contributed by atoms with Gasteiger partial charge >= 0.3 is 0 Å². The van der Waals surface area contributed by atoms with Crippen molar-refractivity contribution >= 4 is 56.1 Å². The molecule has 0 spiro atoms. The molecule has 0 fully saturated rings. The van der Waals surface area contributed by atoms with Gasteiger partial charge in [-0.1, -0.05) is 24.3 Å². The predicted molar refractivity (Wildman–Crippen MR) is 123 cm³/mol. The fourth-order valence-electron chi connectivity index (χ4n) is 3.76. The van der Waals surface area contributed by atoms with Crippen molar-refractivity contribution in [2.45, 2.75) is 18.1 Å². The number of nitrogens with one attached hydrogen (secondary N) is 1. The van der Waals surface area contributed by atoms with Gasteiger partial charge in [0, 0.05) is 39.7 Å². The second-order valence-corrected chi connectivity index (χ2v) is 8.95. The first kappa shape index (κ1) is 18.9. The van der Waals surface area contributed by atoms with Gasteiger partial charge in [-0.2, -0.15) is 11.8 Å². The highest BCUT2D eigenvalue weighted by Crippen LogP contribution is 2.37. The lowest BCUT2D eigenvalue weighted by Crippen LogP contribution is -2.04. The van der Waals surface area contributed by atoms with Crippen LogP contribution < -0.4 is 0 Å². The number of H-pyrrole nitrogens is 1. The van der Waals surface area contributed by atoms with E-state index in [9.17, 15) is 0 Å². The molecule has 27 heavy (non-hydrogen) atoms. The number of para-hydroxylation sites is 1. The molecular formula is C22H23NOS3. The lowest BCUT2D eigenvalue weighted by Gasteiger charge is -2.17. The maximum Gasteiger partial charge on any atom is 0.0622 e. The molecule has 4 rings (SSSR count). The van der Waals surface area contributed by atoms with Gasteiger partial charge in [-0.05, 0) is 70.4 Å². The van der Waals surface area contributed by atoms with E-state index in [0.717, 1.165) is 18.8 Å². The van der Waals surface area contributed by atoms with E-state index in [1.165, 1.54) is 49.7 Å². The average Bonchev–Trinajstić information content (AvgIpc) is 3.32. The topological polar surface area (TPSA) is 25.0 Å². The molecule has 1 N–H and O–H groups in total. The summed E-state index contributed by atoms with van der Waals surface area (Å²) in [6.45, 7) is 0.741. The van der Waals surface area contributed by atoms with Gasteiger partial charge in [0.25, 0.3) is 0 Å². The van der Waals surface area contributed by atoms with Crippen molar-refractivity contribution < 1.29 is 4.18 Å². The highest BCUT2D eigenvalue weighted by atomic mass is 32.2. The summed E-state index contributed by atoms with van der Waals surface area (Å²) in [4.78, 5) is 3.56. The summed E-state index contributed by atoms with van der Waals surface area (Å²) in [7, 11) is 0. The fourth-order valence-corrected chi connectivity index (χ4v) is 5.34. The lowest BCUT2D eigenvalue weighted by molar-refractivity contribution is 0.357. The van der Waals surface area contributed by atoms with Crippen molar-refractivity contribution in [2.24, 2.45) is 0 Å². The van der Waals surface area contributed by atoms with Crippen molar-refractivity contribution in [1.29, 1.82) is 0 Å². The van der Waals surface area contributed by atoms with Crippen LogP contribution in [0.2, 0.25) is 0 Å². The van der Waals surface area contributed by atoms with Crippen molar-refractivity contribution in [2.75, 3.05) is 19.1 Å². The summed E-state index contributed by atoms with van der Waals surface area (Å²) >= 11 is 5.11. The van der Waals surface area contributed by atoms with Crippen LogP contribution in [0.15, 0.2) is 54.0 Å². The predicted octanol–water partition coefficient (Wildman–Crippen LogP) is 7.06. The number of fused-ring (bicyclic) bond motifs is 2. The Bertz CT molecular complexity index is 1040. The molecular weight excluding hydrogens is 390 g/mol. The summed E-state index contributed by atoms with van der Waals surface area (Å²) in [6.07, 6.45) is 7.31. The second-order valence-electron chi connectivity index (χ2n) is 6.56. The molecule has 0 radical (unpaired) electrons. The number of benzene rings is 2. The molecule has 0 bridgehead atoms. The number of hydrogen-bond acceptors (Lipinski definition) is 4. The Labute approximate surface area is 172 Å². The molecule has 0 aliphatic rings. The highest BCUT2D eigenvalue weighted by Gasteiger charge is 2.19. The molecule has 2 nitrogen and oxygen atoms in total. The monoisotopic (exact) mass is 413 g/mol. The third-order valence-corrected chi connectivity index (χ3v) is 6.90. The van der Waals surface area contributed by atoms with Crippen LogP contribution in [0, 0.1) is 0 Å². The molecule has 0 aliphatic heterocycles. The number of thioether (sulfide) groups is 1. The smallest absolute Gasteiger partial charge is 0.0622 e. The molecule has 2 aromatic heterocycles. The molecule has 2 aromatic carbocycles. The van der Waals surface area contributed by atoms with Gasteiger partial charge in [0.15, 0.2) is 0 Å². The first-order valence-corrected chi connectivity index (χ1v) is 12.4. The molecule has 140 valence electrons. The van der Waals surface area contributed by atoms with Crippen molar-refractivity contribution in [3.63, 3.8) is 0 Å². The first-order valence-electron chi connectivity index (χ1n) is 9.02. The van der Waals surface area contributed by atoms with E-state index >= 15 is 0 Å². The van der Waals surface area contributed by atoms with E-state index < -0.39 is 0 Å². The van der Waals surface area contributed by atoms with Crippen LogP contribution in [0.25, 0.3) is 21.0 Å². The van der Waals surface area contributed by atoms with E-state index in [1.54, 1.807) is 11.3 Å². The second kappa shape index (κ2) is 8.74.